The van der Waals surface area contributed by atoms with Crippen LogP contribution < -0.4 is 5.32 Å². The predicted molar refractivity (Wildman–Crippen MR) is 94.4 cm³/mol. The molecule has 1 atom stereocenters. The third kappa shape index (κ3) is 4.24. The van der Waals surface area contributed by atoms with Crippen molar-refractivity contribution < 1.29 is 19.1 Å². The van der Waals surface area contributed by atoms with Crippen molar-refractivity contribution in [2.75, 3.05) is 18.5 Å². The molecule has 1 fully saturated rings. The number of para-hydroxylation sites is 1. The van der Waals surface area contributed by atoms with Crippen molar-refractivity contribution in [2.45, 2.75) is 18.9 Å². The van der Waals surface area contributed by atoms with E-state index in [-0.39, 0.29) is 12.5 Å². The van der Waals surface area contributed by atoms with Gasteiger partial charge in [0, 0.05) is 12.2 Å². The first-order valence-corrected chi connectivity index (χ1v) is 8.89. The zero-order valence-electron chi connectivity index (χ0n) is 13.5. The van der Waals surface area contributed by atoms with E-state index in [1.807, 2.05) is 11.4 Å². The van der Waals surface area contributed by atoms with E-state index in [1.54, 1.807) is 36.4 Å². The summed E-state index contributed by atoms with van der Waals surface area (Å²) in [7, 11) is 0. The molecule has 1 saturated heterocycles. The molecule has 1 unspecified atom stereocenters. The topological polar surface area (TPSA) is 75.7 Å². The Morgan fingerprint density at radius 2 is 1.96 bits per heavy atom. The molecule has 1 aromatic heterocycles. The Hall–Kier alpha value is -2.67. The van der Waals surface area contributed by atoms with Crippen LogP contribution in [-0.2, 0) is 14.3 Å². The first-order valence-electron chi connectivity index (χ1n) is 8.01. The van der Waals surface area contributed by atoms with Gasteiger partial charge in [0.15, 0.2) is 6.61 Å². The number of nitrogens with one attached hydrogen (secondary N) is 1. The highest BCUT2D eigenvalue weighted by Gasteiger charge is 2.36. The number of nitrogens with zero attached hydrogens (tertiary/aromatic N) is 1. The van der Waals surface area contributed by atoms with Gasteiger partial charge >= 0.3 is 5.97 Å². The molecule has 0 spiro atoms. The second-order valence-corrected chi connectivity index (χ2v) is 6.60. The van der Waals surface area contributed by atoms with Crippen LogP contribution >= 0.6 is 11.3 Å². The molecule has 0 aliphatic carbocycles. The number of thiophene rings is 1. The van der Waals surface area contributed by atoms with Crippen LogP contribution in [0.1, 0.15) is 22.5 Å². The van der Waals surface area contributed by atoms with Crippen LogP contribution in [0.3, 0.4) is 0 Å². The van der Waals surface area contributed by atoms with E-state index in [1.165, 1.54) is 16.2 Å². The van der Waals surface area contributed by atoms with Crippen LogP contribution in [0.2, 0.25) is 0 Å². The van der Waals surface area contributed by atoms with E-state index in [2.05, 4.69) is 5.32 Å². The lowest BCUT2D eigenvalue weighted by Crippen LogP contribution is -2.41. The highest BCUT2D eigenvalue weighted by molar-refractivity contribution is 7.12. The fourth-order valence-electron chi connectivity index (χ4n) is 2.75. The normalized spacial score (nSPS) is 16.5. The molecule has 2 amide bonds. The Kier molecular flexibility index (Phi) is 5.45. The van der Waals surface area contributed by atoms with E-state index < -0.39 is 17.9 Å². The van der Waals surface area contributed by atoms with E-state index in [9.17, 15) is 14.4 Å². The van der Waals surface area contributed by atoms with Gasteiger partial charge in [-0.25, -0.2) is 4.79 Å². The molecule has 6 nitrogen and oxygen atoms in total. The number of amides is 2. The minimum atomic E-state index is -0.626. The van der Waals surface area contributed by atoms with Gasteiger partial charge in [0.05, 0.1) is 4.88 Å². The summed E-state index contributed by atoms with van der Waals surface area (Å²) in [6.07, 6.45) is 1.29. The minimum Gasteiger partial charge on any atom is -0.454 e. The van der Waals surface area contributed by atoms with Crippen LogP contribution in [-0.4, -0.2) is 41.9 Å². The number of rotatable bonds is 5. The quantitative estimate of drug-likeness (QED) is 0.834. The monoisotopic (exact) mass is 358 g/mol. The third-order valence-electron chi connectivity index (χ3n) is 3.92. The van der Waals surface area contributed by atoms with Crippen molar-refractivity contribution in [3.63, 3.8) is 0 Å². The number of ether oxygens (including phenoxy) is 1. The van der Waals surface area contributed by atoms with Crippen molar-refractivity contribution >= 4 is 34.8 Å². The molecule has 7 heteroatoms. The summed E-state index contributed by atoms with van der Waals surface area (Å²) in [5.41, 5.74) is 0.638. The first kappa shape index (κ1) is 17.2. The second-order valence-electron chi connectivity index (χ2n) is 5.66. The van der Waals surface area contributed by atoms with Crippen LogP contribution in [0.5, 0.6) is 0 Å². The Balaban J connectivity index is 1.53. The number of hydrogen-bond acceptors (Lipinski definition) is 5. The number of likely N-dealkylation sites (tertiary alicyclic amines) is 1. The lowest BCUT2D eigenvalue weighted by molar-refractivity contribution is -0.151. The molecular weight excluding hydrogens is 340 g/mol. The SMILES string of the molecule is O=C(COC(=O)C1CCCN1C(=O)c1cccs1)Nc1ccccc1. The van der Waals surface area contributed by atoms with Gasteiger partial charge in [0.25, 0.3) is 11.8 Å². The van der Waals surface area contributed by atoms with Crippen molar-refractivity contribution in [3.8, 4) is 0 Å². The van der Waals surface area contributed by atoms with Gasteiger partial charge in [-0.05, 0) is 36.4 Å². The molecular formula is C18H18N2O4S. The summed E-state index contributed by atoms with van der Waals surface area (Å²) >= 11 is 1.34. The molecule has 0 bridgehead atoms. The molecule has 3 rings (SSSR count). The Morgan fingerprint density at radius 1 is 1.16 bits per heavy atom. The van der Waals surface area contributed by atoms with E-state index in [0.29, 0.717) is 23.5 Å². The Bertz CT molecular complexity index is 746. The van der Waals surface area contributed by atoms with Gasteiger partial charge in [0.2, 0.25) is 0 Å². The van der Waals surface area contributed by atoms with E-state index in [0.717, 1.165) is 6.42 Å². The van der Waals surface area contributed by atoms with Gasteiger partial charge in [-0.1, -0.05) is 24.3 Å². The zero-order chi connectivity index (χ0) is 17.6. The van der Waals surface area contributed by atoms with Crippen molar-refractivity contribution in [3.05, 3.63) is 52.7 Å². The number of esters is 1. The van der Waals surface area contributed by atoms with E-state index in [4.69, 9.17) is 4.74 Å². The van der Waals surface area contributed by atoms with Gasteiger partial charge in [-0.3, -0.25) is 9.59 Å². The van der Waals surface area contributed by atoms with Crippen molar-refractivity contribution in [1.29, 1.82) is 0 Å². The first-order chi connectivity index (χ1) is 12.1. The van der Waals surface area contributed by atoms with Crippen LogP contribution in [0.25, 0.3) is 0 Å². The molecule has 25 heavy (non-hydrogen) atoms. The summed E-state index contributed by atoms with van der Waals surface area (Å²) < 4.78 is 5.12. The maximum atomic E-state index is 12.5. The minimum absolute atomic E-state index is 0.164. The number of anilines is 1. The average Bonchev–Trinajstić information content (AvgIpc) is 3.31. The molecule has 1 aliphatic rings. The highest BCUT2D eigenvalue weighted by Crippen LogP contribution is 2.23. The van der Waals surface area contributed by atoms with Gasteiger partial charge in [-0.15, -0.1) is 11.3 Å². The Morgan fingerprint density at radius 3 is 2.68 bits per heavy atom. The molecule has 0 saturated carbocycles. The van der Waals surface area contributed by atoms with Crippen molar-refractivity contribution in [1.82, 2.24) is 4.90 Å². The van der Waals surface area contributed by atoms with Crippen molar-refractivity contribution in [2.24, 2.45) is 0 Å². The lowest BCUT2D eigenvalue weighted by atomic mass is 10.2. The van der Waals surface area contributed by atoms with Crippen LogP contribution in [0, 0.1) is 0 Å². The third-order valence-corrected chi connectivity index (χ3v) is 4.78. The lowest BCUT2D eigenvalue weighted by Gasteiger charge is -2.22. The maximum Gasteiger partial charge on any atom is 0.329 e. The molecule has 1 N–H and O–H groups in total. The number of carbonyl (C=O) groups excluding carboxylic acids is 3. The van der Waals surface area contributed by atoms with Crippen LogP contribution in [0.15, 0.2) is 47.8 Å². The summed E-state index contributed by atoms with van der Waals surface area (Å²) in [5, 5.41) is 4.47. The molecule has 2 aromatic rings. The molecule has 130 valence electrons. The fourth-order valence-corrected chi connectivity index (χ4v) is 3.43. The smallest absolute Gasteiger partial charge is 0.329 e. The summed E-state index contributed by atoms with van der Waals surface area (Å²) in [5.74, 6) is -1.11. The van der Waals surface area contributed by atoms with Gasteiger partial charge in [-0.2, -0.15) is 0 Å². The fraction of sp³-hybridized carbons (Fsp3) is 0.278. The maximum absolute atomic E-state index is 12.5. The average molecular weight is 358 g/mol. The zero-order valence-corrected chi connectivity index (χ0v) is 14.3. The largest absolute Gasteiger partial charge is 0.454 e. The molecule has 2 heterocycles. The number of benzene rings is 1. The number of carbonyl (C=O) groups is 3. The van der Waals surface area contributed by atoms with E-state index >= 15 is 0 Å². The summed E-state index contributed by atoms with van der Waals surface area (Å²) in [6.45, 7) is 0.151. The standard InChI is InChI=1S/C18H18N2O4S/c21-16(19-13-6-2-1-3-7-13)12-24-18(23)14-8-4-10-20(14)17(22)15-9-5-11-25-15/h1-3,5-7,9,11,14H,4,8,10,12H2,(H,19,21). The van der Waals surface area contributed by atoms with Gasteiger partial charge < -0.3 is 15.0 Å². The summed E-state index contributed by atoms with van der Waals surface area (Å²) in [4.78, 5) is 38.7. The molecule has 0 radical (unpaired) electrons. The number of hydrogen-bond donors (Lipinski definition) is 1. The summed E-state index contributed by atoms with van der Waals surface area (Å²) in [6, 6.07) is 11.9. The molecule has 1 aliphatic heterocycles. The van der Waals surface area contributed by atoms with Gasteiger partial charge in [0.1, 0.15) is 6.04 Å². The molecule has 1 aromatic carbocycles. The Labute approximate surface area is 149 Å². The predicted octanol–water partition coefficient (Wildman–Crippen LogP) is 2.53. The highest BCUT2D eigenvalue weighted by atomic mass is 32.1. The van der Waals surface area contributed by atoms with Crippen LogP contribution in [0.4, 0.5) is 5.69 Å². The second kappa shape index (κ2) is 7.94.